The lowest BCUT2D eigenvalue weighted by atomic mass is 10.1. The van der Waals surface area contributed by atoms with Crippen LogP contribution < -0.4 is 5.32 Å². The first kappa shape index (κ1) is 16.4. The molecular formula is C17H16FN3O2. The zero-order valence-electron chi connectivity index (χ0n) is 13.1. The summed E-state index contributed by atoms with van der Waals surface area (Å²) in [5, 5.41) is 11.3. The molecule has 6 heteroatoms. The predicted molar refractivity (Wildman–Crippen MR) is 84.2 cm³/mol. The molecule has 0 atom stereocenters. The number of ether oxygens (including phenoxy) is 1. The number of nitrogens with zero attached hydrogens (tertiary/aromatic N) is 2. The third-order valence-electron chi connectivity index (χ3n) is 2.76. The Bertz CT molecular complexity index is 759. The molecule has 23 heavy (non-hydrogen) atoms. The highest BCUT2D eigenvalue weighted by Gasteiger charge is 2.17. The number of hydrogen-bond donors (Lipinski definition) is 1. The summed E-state index contributed by atoms with van der Waals surface area (Å²) in [6.07, 6.45) is -0.664. The number of rotatable bonds is 2. The molecule has 0 aliphatic rings. The van der Waals surface area contributed by atoms with Crippen LogP contribution in [0.25, 0.3) is 11.3 Å². The average molecular weight is 313 g/mol. The Hall–Kier alpha value is -2.94. The van der Waals surface area contributed by atoms with Crippen LogP contribution in [0.4, 0.5) is 15.0 Å². The van der Waals surface area contributed by atoms with Crippen molar-refractivity contribution in [2.24, 2.45) is 0 Å². The minimum Gasteiger partial charge on any atom is -0.444 e. The number of hydrogen-bond acceptors (Lipinski definition) is 4. The number of carbonyl (C=O) groups excluding carboxylic acids is 1. The fourth-order valence-electron chi connectivity index (χ4n) is 1.83. The Morgan fingerprint density at radius 3 is 2.43 bits per heavy atom. The summed E-state index contributed by atoms with van der Waals surface area (Å²) in [6, 6.07) is 10.9. The van der Waals surface area contributed by atoms with Crippen LogP contribution in [0.1, 0.15) is 26.3 Å². The second-order valence-corrected chi connectivity index (χ2v) is 5.84. The summed E-state index contributed by atoms with van der Waals surface area (Å²) in [4.78, 5) is 15.8. The van der Waals surface area contributed by atoms with Gasteiger partial charge in [-0.05, 0) is 45.0 Å². The van der Waals surface area contributed by atoms with E-state index in [4.69, 9.17) is 10.00 Å². The van der Waals surface area contributed by atoms with Crippen molar-refractivity contribution in [1.29, 1.82) is 5.26 Å². The van der Waals surface area contributed by atoms with Gasteiger partial charge in [0.15, 0.2) is 0 Å². The van der Waals surface area contributed by atoms with Gasteiger partial charge in [-0.25, -0.2) is 14.2 Å². The maximum Gasteiger partial charge on any atom is 0.413 e. The van der Waals surface area contributed by atoms with Crippen molar-refractivity contribution in [2.45, 2.75) is 26.4 Å². The van der Waals surface area contributed by atoms with Gasteiger partial charge in [0, 0.05) is 5.56 Å². The van der Waals surface area contributed by atoms with E-state index in [2.05, 4.69) is 10.3 Å². The Balaban J connectivity index is 2.25. The van der Waals surface area contributed by atoms with E-state index >= 15 is 0 Å². The van der Waals surface area contributed by atoms with Gasteiger partial charge in [0.1, 0.15) is 22.9 Å². The molecule has 1 N–H and O–H groups in total. The van der Waals surface area contributed by atoms with Gasteiger partial charge in [-0.2, -0.15) is 5.26 Å². The second-order valence-electron chi connectivity index (χ2n) is 5.84. The lowest BCUT2D eigenvalue weighted by molar-refractivity contribution is 0.0635. The summed E-state index contributed by atoms with van der Waals surface area (Å²) in [6.45, 7) is 5.23. The molecule has 0 bridgehead atoms. The first-order valence-corrected chi connectivity index (χ1v) is 6.95. The molecule has 0 saturated carbocycles. The minimum atomic E-state index is -0.664. The van der Waals surface area contributed by atoms with Crippen LogP contribution in [-0.4, -0.2) is 16.7 Å². The molecule has 0 aliphatic heterocycles. The van der Waals surface area contributed by atoms with E-state index in [0.29, 0.717) is 11.1 Å². The summed E-state index contributed by atoms with van der Waals surface area (Å²) >= 11 is 0. The van der Waals surface area contributed by atoms with Gasteiger partial charge in [0.05, 0.1) is 11.6 Å². The van der Waals surface area contributed by atoms with E-state index in [1.165, 1.54) is 12.1 Å². The number of anilines is 1. The zero-order chi connectivity index (χ0) is 17.0. The molecule has 2 rings (SSSR count). The number of nitriles is 1. The maximum absolute atomic E-state index is 14.0. The van der Waals surface area contributed by atoms with Gasteiger partial charge in [-0.1, -0.05) is 12.1 Å². The van der Waals surface area contributed by atoms with Crippen molar-refractivity contribution in [3.05, 3.63) is 47.8 Å². The molecule has 118 valence electrons. The monoisotopic (exact) mass is 313 g/mol. The Morgan fingerprint density at radius 1 is 1.22 bits per heavy atom. The minimum absolute atomic E-state index is 0.0862. The van der Waals surface area contributed by atoms with Gasteiger partial charge in [-0.15, -0.1) is 0 Å². The van der Waals surface area contributed by atoms with Gasteiger partial charge in [0.25, 0.3) is 0 Å². The predicted octanol–water partition coefficient (Wildman–Crippen LogP) is 4.11. The third kappa shape index (κ3) is 4.51. The molecule has 2 aromatic rings. The number of aromatic nitrogens is 1. The topological polar surface area (TPSA) is 75.0 Å². The van der Waals surface area contributed by atoms with Gasteiger partial charge in [0.2, 0.25) is 0 Å². The maximum atomic E-state index is 14.0. The molecule has 0 unspecified atom stereocenters. The number of benzene rings is 1. The first-order valence-electron chi connectivity index (χ1n) is 6.95. The van der Waals surface area contributed by atoms with Crippen LogP contribution in [0.5, 0.6) is 0 Å². The van der Waals surface area contributed by atoms with Crippen LogP contribution in [0.15, 0.2) is 36.4 Å². The van der Waals surface area contributed by atoms with Gasteiger partial charge in [-0.3, -0.25) is 5.32 Å². The van der Waals surface area contributed by atoms with E-state index in [1.54, 1.807) is 45.0 Å². The smallest absolute Gasteiger partial charge is 0.413 e. The van der Waals surface area contributed by atoms with Crippen LogP contribution in [0.3, 0.4) is 0 Å². The van der Waals surface area contributed by atoms with Gasteiger partial charge < -0.3 is 4.74 Å². The molecule has 1 aromatic heterocycles. The second kappa shape index (κ2) is 6.44. The third-order valence-corrected chi connectivity index (χ3v) is 2.76. The first-order chi connectivity index (χ1) is 10.8. The molecule has 5 nitrogen and oxygen atoms in total. The Labute approximate surface area is 133 Å². The molecule has 1 amide bonds. The number of pyridine rings is 1. The summed E-state index contributed by atoms with van der Waals surface area (Å²) in [7, 11) is 0. The zero-order valence-corrected chi connectivity index (χ0v) is 13.1. The highest BCUT2D eigenvalue weighted by molar-refractivity contribution is 5.84. The molecule has 0 saturated heterocycles. The van der Waals surface area contributed by atoms with Crippen LogP contribution in [0, 0.1) is 17.1 Å². The lowest BCUT2D eigenvalue weighted by Crippen LogP contribution is -2.27. The highest BCUT2D eigenvalue weighted by atomic mass is 19.1. The SMILES string of the molecule is CC(C)(C)OC(=O)Nc1ccc(F)c(-c2ccc(C#N)cc2)n1. The van der Waals surface area contributed by atoms with Gasteiger partial charge >= 0.3 is 6.09 Å². The highest BCUT2D eigenvalue weighted by Crippen LogP contribution is 2.23. The van der Waals surface area contributed by atoms with E-state index < -0.39 is 17.5 Å². The number of carbonyl (C=O) groups is 1. The fourth-order valence-corrected chi connectivity index (χ4v) is 1.83. The molecule has 1 heterocycles. The normalized spacial score (nSPS) is 10.7. The largest absolute Gasteiger partial charge is 0.444 e. The summed E-state index contributed by atoms with van der Waals surface area (Å²) < 4.78 is 19.1. The van der Waals surface area contributed by atoms with E-state index in [1.807, 2.05) is 6.07 Å². The van der Waals surface area contributed by atoms with E-state index in [9.17, 15) is 9.18 Å². The van der Waals surface area contributed by atoms with Crippen molar-refractivity contribution < 1.29 is 13.9 Å². The standard InChI is InChI=1S/C17H16FN3O2/c1-17(2,3)23-16(22)21-14-9-8-13(18)15(20-14)12-6-4-11(10-19)5-7-12/h4-9H,1-3H3,(H,20,21,22). The number of halogens is 1. The van der Waals surface area contributed by atoms with Crippen molar-refractivity contribution >= 4 is 11.9 Å². The van der Waals surface area contributed by atoms with Crippen molar-refractivity contribution in [3.63, 3.8) is 0 Å². The van der Waals surface area contributed by atoms with Crippen molar-refractivity contribution in [3.8, 4) is 17.3 Å². The van der Waals surface area contributed by atoms with Crippen molar-refractivity contribution in [1.82, 2.24) is 4.98 Å². The molecule has 0 radical (unpaired) electrons. The summed E-state index contributed by atoms with van der Waals surface area (Å²) in [5.41, 5.74) is 0.426. The molecule has 0 fully saturated rings. The van der Waals surface area contributed by atoms with Crippen LogP contribution in [0.2, 0.25) is 0 Å². The lowest BCUT2D eigenvalue weighted by Gasteiger charge is -2.19. The number of nitrogens with one attached hydrogen (secondary N) is 1. The van der Waals surface area contributed by atoms with Crippen molar-refractivity contribution in [2.75, 3.05) is 5.32 Å². The van der Waals surface area contributed by atoms with Crippen LogP contribution in [-0.2, 0) is 4.74 Å². The molecular weight excluding hydrogens is 297 g/mol. The number of amides is 1. The Morgan fingerprint density at radius 2 is 1.87 bits per heavy atom. The van der Waals surface area contributed by atoms with E-state index in [0.717, 1.165) is 0 Å². The average Bonchev–Trinajstić information content (AvgIpc) is 2.47. The molecule has 0 aliphatic carbocycles. The van der Waals surface area contributed by atoms with Crippen LogP contribution >= 0.6 is 0 Å². The van der Waals surface area contributed by atoms with E-state index in [-0.39, 0.29) is 11.5 Å². The Kier molecular flexibility index (Phi) is 4.60. The summed E-state index contributed by atoms with van der Waals surface area (Å²) in [5.74, 6) is -0.343. The fraction of sp³-hybridized carbons (Fsp3) is 0.235. The quantitative estimate of drug-likeness (QED) is 0.905. The molecule has 1 aromatic carbocycles. The molecule has 0 spiro atoms.